The zero-order valence-electron chi connectivity index (χ0n) is 13.8. The highest BCUT2D eigenvalue weighted by Crippen LogP contribution is 2.22. The number of anilines is 1. The largest absolute Gasteiger partial charge is 0.497 e. The van der Waals surface area contributed by atoms with Crippen LogP contribution in [0.1, 0.15) is 15.9 Å². The number of nitriles is 1. The molecule has 0 saturated heterocycles. The molecule has 2 aromatic carbocycles. The maximum atomic E-state index is 12.3. The predicted molar refractivity (Wildman–Crippen MR) is 99.0 cm³/mol. The Morgan fingerprint density at radius 2 is 1.72 bits per heavy atom. The van der Waals surface area contributed by atoms with Crippen molar-refractivity contribution in [2.75, 3.05) is 19.5 Å². The van der Waals surface area contributed by atoms with Gasteiger partial charge in [-0.25, -0.2) is 0 Å². The van der Waals surface area contributed by atoms with Gasteiger partial charge in [0.1, 0.15) is 11.5 Å². The molecule has 0 aliphatic heterocycles. The summed E-state index contributed by atoms with van der Waals surface area (Å²) in [4.78, 5) is 12.3. The monoisotopic (exact) mass is 355 g/mol. The molecule has 0 radical (unpaired) electrons. The Kier molecular flexibility index (Phi) is 6.32. The van der Waals surface area contributed by atoms with Gasteiger partial charge in [-0.2, -0.15) is 5.26 Å². The Morgan fingerprint density at radius 1 is 1.12 bits per heavy atom. The van der Waals surface area contributed by atoms with Crippen molar-refractivity contribution in [2.45, 2.75) is 6.42 Å². The maximum Gasteiger partial charge on any atom is 0.257 e. The van der Waals surface area contributed by atoms with Gasteiger partial charge in [0.15, 0.2) is 5.11 Å². The summed E-state index contributed by atoms with van der Waals surface area (Å²) in [5, 5.41) is 14.4. The van der Waals surface area contributed by atoms with Gasteiger partial charge in [0.05, 0.1) is 26.7 Å². The number of benzene rings is 2. The number of thiocarbonyl (C=S) groups is 1. The first kappa shape index (κ1) is 18.2. The highest BCUT2D eigenvalue weighted by atomic mass is 32.1. The average molecular weight is 355 g/mol. The smallest absolute Gasteiger partial charge is 0.257 e. The summed E-state index contributed by atoms with van der Waals surface area (Å²) in [6.07, 6.45) is 0.346. The second-order valence-electron chi connectivity index (χ2n) is 5.04. The van der Waals surface area contributed by atoms with Crippen LogP contribution in [-0.2, 0) is 6.42 Å². The van der Waals surface area contributed by atoms with Gasteiger partial charge in [-0.1, -0.05) is 12.1 Å². The van der Waals surface area contributed by atoms with Crippen LogP contribution in [0.4, 0.5) is 5.69 Å². The number of hydrogen-bond acceptors (Lipinski definition) is 5. The Balaban J connectivity index is 2.02. The number of ether oxygens (including phenoxy) is 2. The van der Waals surface area contributed by atoms with Crippen LogP contribution >= 0.6 is 12.2 Å². The summed E-state index contributed by atoms with van der Waals surface area (Å²) in [5.74, 6) is 0.642. The third-order valence-electron chi connectivity index (χ3n) is 3.34. The van der Waals surface area contributed by atoms with Crippen molar-refractivity contribution in [1.29, 1.82) is 5.26 Å². The number of nitrogens with zero attached hydrogens (tertiary/aromatic N) is 1. The molecule has 6 nitrogen and oxygen atoms in total. The lowest BCUT2D eigenvalue weighted by molar-refractivity contribution is 0.0977. The normalized spacial score (nSPS) is 9.64. The molecule has 25 heavy (non-hydrogen) atoms. The van der Waals surface area contributed by atoms with E-state index in [0.717, 1.165) is 11.3 Å². The summed E-state index contributed by atoms with van der Waals surface area (Å²) in [6, 6.07) is 14.2. The zero-order chi connectivity index (χ0) is 18.2. The summed E-state index contributed by atoms with van der Waals surface area (Å²) in [6.45, 7) is 0. The number of carbonyl (C=O) groups is 1. The number of nitrogens with one attached hydrogen (secondary N) is 2. The van der Waals surface area contributed by atoms with Crippen LogP contribution < -0.4 is 20.1 Å². The molecular weight excluding hydrogens is 338 g/mol. The van der Waals surface area contributed by atoms with Crippen LogP contribution in [0.25, 0.3) is 0 Å². The fourth-order valence-corrected chi connectivity index (χ4v) is 2.28. The molecule has 2 aromatic rings. The molecule has 0 aromatic heterocycles. The summed E-state index contributed by atoms with van der Waals surface area (Å²) in [7, 11) is 3.03. The lowest BCUT2D eigenvalue weighted by Crippen LogP contribution is -2.34. The van der Waals surface area contributed by atoms with Gasteiger partial charge in [-0.3, -0.25) is 10.1 Å². The fraction of sp³-hybridized carbons (Fsp3) is 0.167. The van der Waals surface area contributed by atoms with Gasteiger partial charge in [0.25, 0.3) is 5.91 Å². The quantitative estimate of drug-likeness (QED) is 0.803. The van der Waals surface area contributed by atoms with Crippen LogP contribution in [0.3, 0.4) is 0 Å². The summed E-state index contributed by atoms with van der Waals surface area (Å²) < 4.78 is 10.3. The molecule has 0 spiro atoms. The number of hydrogen-bond donors (Lipinski definition) is 2. The van der Waals surface area contributed by atoms with Crippen molar-refractivity contribution in [1.82, 2.24) is 5.32 Å². The van der Waals surface area contributed by atoms with Gasteiger partial charge in [-0.15, -0.1) is 0 Å². The van der Waals surface area contributed by atoms with E-state index in [9.17, 15) is 4.79 Å². The SMILES string of the molecule is COc1cc(OC)cc(C(=O)NC(=S)Nc2ccc(CC#N)cc2)c1. The topological polar surface area (TPSA) is 83.4 Å². The molecule has 7 heteroatoms. The van der Waals surface area contributed by atoms with Crippen LogP contribution in [0.2, 0.25) is 0 Å². The fourth-order valence-electron chi connectivity index (χ4n) is 2.07. The Hall–Kier alpha value is -3.11. The molecule has 2 N–H and O–H groups in total. The van der Waals surface area contributed by atoms with Crippen molar-refractivity contribution in [3.8, 4) is 17.6 Å². The first-order valence-electron chi connectivity index (χ1n) is 7.37. The highest BCUT2D eigenvalue weighted by molar-refractivity contribution is 7.80. The Morgan fingerprint density at radius 3 is 2.24 bits per heavy atom. The standard InChI is InChI=1S/C18H17N3O3S/c1-23-15-9-13(10-16(11-15)24-2)17(22)21-18(25)20-14-5-3-12(4-6-14)7-8-19/h3-6,9-11H,7H2,1-2H3,(H2,20,21,22,25). The van der Waals surface area contributed by atoms with E-state index in [2.05, 4.69) is 16.7 Å². The van der Waals surface area contributed by atoms with Gasteiger partial charge in [-0.05, 0) is 42.0 Å². The molecule has 0 unspecified atom stereocenters. The highest BCUT2D eigenvalue weighted by Gasteiger charge is 2.11. The van der Waals surface area contributed by atoms with E-state index in [0.29, 0.717) is 23.5 Å². The lowest BCUT2D eigenvalue weighted by atomic mass is 10.1. The summed E-state index contributed by atoms with van der Waals surface area (Å²) in [5.41, 5.74) is 1.99. The molecule has 0 heterocycles. The van der Waals surface area contributed by atoms with E-state index in [-0.39, 0.29) is 11.0 Å². The molecule has 0 aliphatic carbocycles. The van der Waals surface area contributed by atoms with Crippen molar-refractivity contribution in [3.05, 3.63) is 53.6 Å². The zero-order valence-corrected chi connectivity index (χ0v) is 14.6. The lowest BCUT2D eigenvalue weighted by Gasteiger charge is -2.11. The Labute approximate surface area is 151 Å². The number of carbonyl (C=O) groups excluding carboxylic acids is 1. The predicted octanol–water partition coefficient (Wildman–Crippen LogP) is 2.90. The molecule has 0 saturated carbocycles. The van der Waals surface area contributed by atoms with E-state index >= 15 is 0 Å². The summed E-state index contributed by atoms with van der Waals surface area (Å²) >= 11 is 5.16. The van der Waals surface area contributed by atoms with E-state index in [1.165, 1.54) is 14.2 Å². The third-order valence-corrected chi connectivity index (χ3v) is 3.54. The molecule has 0 atom stereocenters. The molecule has 0 aliphatic rings. The Bertz CT molecular complexity index is 791. The minimum absolute atomic E-state index is 0.166. The van der Waals surface area contributed by atoms with Crippen LogP contribution in [0, 0.1) is 11.3 Å². The van der Waals surface area contributed by atoms with Crippen molar-refractivity contribution in [3.63, 3.8) is 0 Å². The van der Waals surface area contributed by atoms with Crippen LogP contribution in [-0.4, -0.2) is 25.2 Å². The third kappa shape index (κ3) is 5.19. The molecular formula is C18H17N3O3S. The molecule has 2 rings (SSSR count). The average Bonchev–Trinajstić information content (AvgIpc) is 2.63. The second kappa shape index (κ2) is 8.66. The second-order valence-corrected chi connectivity index (χ2v) is 5.45. The van der Waals surface area contributed by atoms with E-state index in [4.69, 9.17) is 27.0 Å². The molecule has 128 valence electrons. The van der Waals surface area contributed by atoms with Crippen molar-refractivity contribution in [2.24, 2.45) is 0 Å². The van der Waals surface area contributed by atoms with Crippen molar-refractivity contribution < 1.29 is 14.3 Å². The number of rotatable bonds is 5. The van der Waals surface area contributed by atoms with Gasteiger partial charge >= 0.3 is 0 Å². The van der Waals surface area contributed by atoms with Crippen molar-refractivity contribution >= 4 is 28.9 Å². The number of amides is 1. The first-order chi connectivity index (χ1) is 12.0. The van der Waals surface area contributed by atoms with Gasteiger partial charge < -0.3 is 14.8 Å². The van der Waals surface area contributed by atoms with E-state index < -0.39 is 0 Å². The van der Waals surface area contributed by atoms with E-state index in [1.807, 2.05) is 12.1 Å². The first-order valence-corrected chi connectivity index (χ1v) is 7.78. The van der Waals surface area contributed by atoms with Crippen LogP contribution in [0.5, 0.6) is 11.5 Å². The van der Waals surface area contributed by atoms with Gasteiger partial charge in [0, 0.05) is 17.3 Å². The maximum absolute atomic E-state index is 12.3. The van der Waals surface area contributed by atoms with Gasteiger partial charge in [0.2, 0.25) is 0 Å². The number of methoxy groups -OCH3 is 2. The molecule has 0 bridgehead atoms. The van der Waals surface area contributed by atoms with E-state index in [1.54, 1.807) is 30.3 Å². The molecule has 1 amide bonds. The van der Waals surface area contributed by atoms with Crippen LogP contribution in [0.15, 0.2) is 42.5 Å². The minimum Gasteiger partial charge on any atom is -0.497 e. The minimum atomic E-state index is -0.379. The molecule has 0 fully saturated rings.